The Hall–Kier alpha value is -0.540. The van der Waals surface area contributed by atoms with Gasteiger partial charge in [0.15, 0.2) is 0 Å². The SMILES string of the molecule is CCCn1ncc(Cl)c1C(NCC)C1C(C)(C)C1(C)C. The molecular weight excluding hydrogens is 270 g/mol. The zero-order valence-electron chi connectivity index (χ0n) is 13.6. The molecule has 3 nitrogen and oxygen atoms in total. The molecule has 114 valence electrons. The van der Waals surface area contributed by atoms with Crippen LogP contribution in [0.25, 0.3) is 0 Å². The molecular formula is C16H28ClN3. The molecule has 1 aliphatic carbocycles. The second-order valence-corrected chi connectivity index (χ2v) is 7.46. The molecule has 0 saturated heterocycles. The fourth-order valence-electron chi connectivity index (χ4n) is 3.74. The molecule has 1 N–H and O–H groups in total. The van der Waals surface area contributed by atoms with E-state index in [9.17, 15) is 0 Å². The van der Waals surface area contributed by atoms with Crippen LogP contribution >= 0.6 is 11.6 Å². The number of hydrogen-bond donors (Lipinski definition) is 1. The topological polar surface area (TPSA) is 29.9 Å². The third-order valence-electron chi connectivity index (χ3n) is 5.45. The van der Waals surface area contributed by atoms with Gasteiger partial charge in [-0.05, 0) is 29.7 Å². The minimum absolute atomic E-state index is 0.284. The smallest absolute Gasteiger partial charge is 0.0834 e. The van der Waals surface area contributed by atoms with E-state index in [1.165, 1.54) is 5.69 Å². The van der Waals surface area contributed by atoms with Crippen LogP contribution in [0.2, 0.25) is 5.02 Å². The average Bonchev–Trinajstić information content (AvgIpc) is 2.63. The van der Waals surface area contributed by atoms with Gasteiger partial charge < -0.3 is 5.32 Å². The Morgan fingerprint density at radius 2 is 1.90 bits per heavy atom. The molecule has 1 saturated carbocycles. The minimum atomic E-state index is 0.284. The Labute approximate surface area is 128 Å². The van der Waals surface area contributed by atoms with Crippen LogP contribution in [-0.4, -0.2) is 16.3 Å². The molecule has 1 aliphatic rings. The van der Waals surface area contributed by atoms with Crippen molar-refractivity contribution in [2.75, 3.05) is 6.54 Å². The highest BCUT2D eigenvalue weighted by molar-refractivity contribution is 6.31. The third kappa shape index (κ3) is 2.29. The molecule has 1 aromatic rings. The molecule has 0 aromatic carbocycles. The van der Waals surface area contributed by atoms with E-state index in [1.807, 2.05) is 0 Å². The lowest BCUT2D eigenvalue weighted by Gasteiger charge is -2.22. The van der Waals surface area contributed by atoms with Crippen LogP contribution in [0.5, 0.6) is 0 Å². The minimum Gasteiger partial charge on any atom is -0.309 e. The van der Waals surface area contributed by atoms with Gasteiger partial charge in [0.2, 0.25) is 0 Å². The van der Waals surface area contributed by atoms with Crippen LogP contribution in [-0.2, 0) is 6.54 Å². The first-order valence-electron chi connectivity index (χ1n) is 7.73. The first kappa shape index (κ1) is 15.8. The van der Waals surface area contributed by atoms with Crippen LogP contribution in [0.3, 0.4) is 0 Å². The van der Waals surface area contributed by atoms with Gasteiger partial charge in [0.25, 0.3) is 0 Å². The lowest BCUT2D eigenvalue weighted by atomic mass is 10.0. The van der Waals surface area contributed by atoms with Gasteiger partial charge >= 0.3 is 0 Å². The van der Waals surface area contributed by atoms with Gasteiger partial charge in [-0.2, -0.15) is 5.10 Å². The molecule has 20 heavy (non-hydrogen) atoms. The predicted octanol–water partition coefficient (Wildman–Crippen LogP) is 4.28. The third-order valence-corrected chi connectivity index (χ3v) is 5.74. The number of rotatable bonds is 6. The molecule has 0 radical (unpaired) electrons. The van der Waals surface area contributed by atoms with Crippen molar-refractivity contribution >= 4 is 11.6 Å². The average molecular weight is 298 g/mol. The van der Waals surface area contributed by atoms with Crippen molar-refractivity contribution < 1.29 is 0 Å². The Kier molecular flexibility index (Phi) is 4.23. The molecule has 0 bridgehead atoms. The van der Waals surface area contributed by atoms with Crippen LogP contribution < -0.4 is 5.32 Å². The number of aromatic nitrogens is 2. The summed E-state index contributed by atoms with van der Waals surface area (Å²) in [5, 5.41) is 8.91. The summed E-state index contributed by atoms with van der Waals surface area (Å²) in [6.45, 7) is 15.6. The summed E-state index contributed by atoms with van der Waals surface area (Å²) in [6, 6.07) is 0.284. The van der Waals surface area contributed by atoms with Crippen molar-refractivity contribution in [2.24, 2.45) is 16.7 Å². The van der Waals surface area contributed by atoms with E-state index in [2.05, 4.69) is 56.6 Å². The molecule has 0 aliphatic heterocycles. The molecule has 1 unspecified atom stereocenters. The maximum Gasteiger partial charge on any atom is 0.0834 e. The highest BCUT2D eigenvalue weighted by Gasteiger charge is 2.67. The summed E-state index contributed by atoms with van der Waals surface area (Å²) in [7, 11) is 0. The van der Waals surface area contributed by atoms with Gasteiger partial charge in [-0.15, -0.1) is 0 Å². The van der Waals surface area contributed by atoms with E-state index < -0.39 is 0 Å². The first-order chi connectivity index (χ1) is 9.29. The standard InChI is InChI=1S/C16H28ClN3/c1-7-9-20-13(11(17)10-19-20)12(18-8-2)14-15(3,4)16(14,5)6/h10,12,14,18H,7-9H2,1-6H3. The number of hydrogen-bond acceptors (Lipinski definition) is 2. The van der Waals surface area contributed by atoms with Gasteiger partial charge in [-0.3, -0.25) is 4.68 Å². The van der Waals surface area contributed by atoms with Crippen LogP contribution in [0.15, 0.2) is 6.20 Å². The largest absolute Gasteiger partial charge is 0.309 e. The Morgan fingerprint density at radius 3 is 2.35 bits per heavy atom. The van der Waals surface area contributed by atoms with Gasteiger partial charge in [0.1, 0.15) is 0 Å². The number of halogens is 1. The number of nitrogens with zero attached hydrogens (tertiary/aromatic N) is 2. The monoisotopic (exact) mass is 297 g/mol. The Morgan fingerprint density at radius 1 is 1.30 bits per heavy atom. The van der Waals surface area contributed by atoms with Crippen molar-refractivity contribution in [3.05, 3.63) is 16.9 Å². The molecule has 1 aromatic heterocycles. The van der Waals surface area contributed by atoms with Gasteiger partial charge in [-0.1, -0.05) is 53.1 Å². The molecule has 4 heteroatoms. The summed E-state index contributed by atoms with van der Waals surface area (Å²) < 4.78 is 2.08. The number of aryl methyl sites for hydroxylation is 1. The summed E-state index contributed by atoms with van der Waals surface area (Å²) in [5.41, 5.74) is 1.81. The van der Waals surface area contributed by atoms with Crippen molar-refractivity contribution in [3.8, 4) is 0 Å². The van der Waals surface area contributed by atoms with E-state index in [0.717, 1.165) is 24.5 Å². The highest BCUT2D eigenvalue weighted by Crippen LogP contribution is 2.72. The zero-order chi connectivity index (χ0) is 15.1. The zero-order valence-corrected chi connectivity index (χ0v) is 14.4. The summed E-state index contributed by atoms with van der Waals surface area (Å²) in [4.78, 5) is 0. The molecule has 2 rings (SSSR count). The van der Waals surface area contributed by atoms with Gasteiger partial charge in [-0.25, -0.2) is 0 Å². The van der Waals surface area contributed by atoms with Gasteiger partial charge in [0.05, 0.1) is 23.0 Å². The van der Waals surface area contributed by atoms with E-state index in [0.29, 0.717) is 16.7 Å². The number of nitrogens with one attached hydrogen (secondary N) is 1. The molecule has 1 heterocycles. The predicted molar refractivity (Wildman–Crippen MR) is 85.0 cm³/mol. The van der Waals surface area contributed by atoms with E-state index >= 15 is 0 Å². The van der Waals surface area contributed by atoms with Crippen molar-refractivity contribution in [3.63, 3.8) is 0 Å². The maximum absolute atomic E-state index is 6.45. The van der Waals surface area contributed by atoms with Crippen molar-refractivity contribution in [2.45, 2.75) is 60.5 Å². The van der Waals surface area contributed by atoms with E-state index in [4.69, 9.17) is 11.6 Å². The fraction of sp³-hybridized carbons (Fsp3) is 0.812. The fourth-order valence-corrected chi connectivity index (χ4v) is 4.00. The lowest BCUT2D eigenvalue weighted by Crippen LogP contribution is -2.28. The Bertz CT molecular complexity index is 462. The summed E-state index contributed by atoms with van der Waals surface area (Å²) in [6.07, 6.45) is 2.86. The van der Waals surface area contributed by atoms with E-state index in [1.54, 1.807) is 6.20 Å². The molecule has 1 fully saturated rings. The Balaban J connectivity index is 2.38. The first-order valence-corrected chi connectivity index (χ1v) is 8.11. The van der Waals surface area contributed by atoms with Gasteiger partial charge in [0, 0.05) is 6.54 Å². The molecule has 0 amide bonds. The molecule has 0 spiro atoms. The van der Waals surface area contributed by atoms with Crippen LogP contribution in [0.1, 0.15) is 59.7 Å². The molecule has 1 atom stereocenters. The maximum atomic E-state index is 6.45. The summed E-state index contributed by atoms with van der Waals surface area (Å²) in [5.74, 6) is 0.583. The van der Waals surface area contributed by atoms with E-state index in [-0.39, 0.29) is 6.04 Å². The van der Waals surface area contributed by atoms with Crippen molar-refractivity contribution in [1.29, 1.82) is 0 Å². The normalized spacial score (nSPS) is 21.9. The second-order valence-electron chi connectivity index (χ2n) is 7.06. The lowest BCUT2D eigenvalue weighted by molar-refractivity contribution is 0.387. The highest BCUT2D eigenvalue weighted by atomic mass is 35.5. The van der Waals surface area contributed by atoms with Crippen LogP contribution in [0.4, 0.5) is 0 Å². The van der Waals surface area contributed by atoms with Crippen molar-refractivity contribution in [1.82, 2.24) is 15.1 Å². The quantitative estimate of drug-likeness (QED) is 0.849. The second kappa shape index (κ2) is 5.34. The van der Waals surface area contributed by atoms with Crippen LogP contribution in [0, 0.1) is 16.7 Å². The summed E-state index contributed by atoms with van der Waals surface area (Å²) >= 11 is 6.45.